The third kappa shape index (κ3) is 3.08. The topological polar surface area (TPSA) is 109 Å². The van der Waals surface area contributed by atoms with Crippen LogP contribution in [0, 0.1) is 10.1 Å². The van der Waals surface area contributed by atoms with E-state index in [1.165, 1.54) is 28.5 Å². The maximum atomic E-state index is 12.9. The zero-order chi connectivity index (χ0) is 19.0. The molecule has 0 bridgehead atoms. The van der Waals surface area contributed by atoms with Crippen LogP contribution < -0.4 is 0 Å². The first-order valence-corrected chi connectivity index (χ1v) is 8.94. The number of nitrogens with zero attached hydrogens (tertiary/aromatic N) is 3. The molecule has 0 saturated carbocycles. The molecule has 1 amide bonds. The number of furan rings is 1. The molecule has 0 aliphatic carbocycles. The molecule has 0 fully saturated rings. The molecule has 0 radical (unpaired) electrons. The minimum Gasteiger partial charge on any atom is -0.508 e. The third-order valence-electron chi connectivity index (χ3n) is 4.25. The molecule has 0 spiro atoms. The molecule has 8 nitrogen and oxygen atoms in total. The number of thiophene rings is 1. The van der Waals surface area contributed by atoms with E-state index in [1.807, 2.05) is 16.8 Å². The van der Waals surface area contributed by atoms with Gasteiger partial charge in [-0.2, -0.15) is 16.4 Å². The SMILES string of the molecule is O=C(c1ccc([N+](=O)[O-])o1)N1N=C(c2ccsc2)CC1c1ccccc1O. The maximum Gasteiger partial charge on any atom is 0.433 e. The second kappa shape index (κ2) is 6.69. The number of hydrazone groups is 1. The Hall–Kier alpha value is -3.46. The number of phenolic OH excluding ortho intramolecular Hbond substituents is 1. The van der Waals surface area contributed by atoms with E-state index in [0.29, 0.717) is 17.7 Å². The van der Waals surface area contributed by atoms with Gasteiger partial charge in [-0.3, -0.25) is 14.9 Å². The lowest BCUT2D eigenvalue weighted by molar-refractivity contribution is -0.402. The van der Waals surface area contributed by atoms with Gasteiger partial charge < -0.3 is 9.52 Å². The van der Waals surface area contributed by atoms with Crippen LogP contribution in [0.15, 0.2) is 62.7 Å². The van der Waals surface area contributed by atoms with Gasteiger partial charge in [0.1, 0.15) is 10.7 Å². The quantitative estimate of drug-likeness (QED) is 0.542. The molecule has 136 valence electrons. The highest BCUT2D eigenvalue weighted by Crippen LogP contribution is 2.38. The average Bonchev–Trinajstić information content (AvgIpc) is 3.40. The van der Waals surface area contributed by atoms with Crippen molar-refractivity contribution in [3.63, 3.8) is 0 Å². The molecule has 2 aromatic heterocycles. The summed E-state index contributed by atoms with van der Waals surface area (Å²) in [6.07, 6.45) is 0.406. The van der Waals surface area contributed by atoms with Gasteiger partial charge in [-0.25, -0.2) is 5.01 Å². The number of carbonyl (C=O) groups excluding carboxylic acids is 1. The highest BCUT2D eigenvalue weighted by atomic mass is 32.1. The number of phenols is 1. The minimum absolute atomic E-state index is 0.0486. The Labute approximate surface area is 157 Å². The van der Waals surface area contributed by atoms with E-state index in [2.05, 4.69) is 5.10 Å². The summed E-state index contributed by atoms with van der Waals surface area (Å²) in [5.41, 5.74) is 2.13. The Morgan fingerprint density at radius 2 is 2.11 bits per heavy atom. The molecule has 27 heavy (non-hydrogen) atoms. The number of aromatic hydroxyl groups is 1. The van der Waals surface area contributed by atoms with E-state index in [0.717, 1.165) is 11.6 Å². The normalized spacial score (nSPS) is 16.4. The van der Waals surface area contributed by atoms with Crippen molar-refractivity contribution >= 4 is 28.8 Å². The molecule has 1 aliphatic rings. The van der Waals surface area contributed by atoms with E-state index in [-0.39, 0.29) is 11.5 Å². The summed E-state index contributed by atoms with van der Waals surface area (Å²) in [6.45, 7) is 0. The van der Waals surface area contributed by atoms with E-state index >= 15 is 0 Å². The van der Waals surface area contributed by atoms with Crippen LogP contribution >= 0.6 is 11.3 Å². The van der Waals surface area contributed by atoms with Crippen molar-refractivity contribution in [3.8, 4) is 5.75 Å². The predicted molar refractivity (Wildman–Crippen MR) is 97.9 cm³/mol. The van der Waals surface area contributed by atoms with E-state index < -0.39 is 22.8 Å². The summed E-state index contributed by atoms with van der Waals surface area (Å²) in [5.74, 6) is -1.26. The number of carbonyl (C=O) groups is 1. The van der Waals surface area contributed by atoms with Crippen LogP contribution in [0.4, 0.5) is 5.88 Å². The summed E-state index contributed by atoms with van der Waals surface area (Å²) in [6, 6.07) is 10.4. The first-order chi connectivity index (χ1) is 13.0. The number of para-hydroxylation sites is 1. The summed E-state index contributed by atoms with van der Waals surface area (Å²) in [5, 5.41) is 30.5. The largest absolute Gasteiger partial charge is 0.508 e. The third-order valence-corrected chi connectivity index (χ3v) is 4.93. The highest BCUT2D eigenvalue weighted by molar-refractivity contribution is 7.08. The van der Waals surface area contributed by atoms with Gasteiger partial charge in [-0.15, -0.1) is 0 Å². The second-order valence-electron chi connectivity index (χ2n) is 5.88. The van der Waals surface area contributed by atoms with Crippen molar-refractivity contribution < 1.29 is 19.2 Å². The van der Waals surface area contributed by atoms with Crippen LogP contribution in [0.3, 0.4) is 0 Å². The monoisotopic (exact) mass is 383 g/mol. The first kappa shape index (κ1) is 17.0. The van der Waals surface area contributed by atoms with Crippen molar-refractivity contribution in [1.82, 2.24) is 5.01 Å². The number of amides is 1. The first-order valence-electron chi connectivity index (χ1n) is 8.00. The molecule has 1 aromatic carbocycles. The smallest absolute Gasteiger partial charge is 0.433 e. The molecule has 0 saturated heterocycles. The molecular formula is C18H13N3O5S. The Morgan fingerprint density at radius 3 is 2.78 bits per heavy atom. The molecule has 9 heteroatoms. The molecule has 3 heterocycles. The number of nitro groups is 1. The van der Waals surface area contributed by atoms with Crippen molar-refractivity contribution in [1.29, 1.82) is 0 Å². The predicted octanol–water partition coefficient (Wildman–Crippen LogP) is 3.95. The molecule has 3 aromatic rings. The number of rotatable bonds is 4. The Kier molecular flexibility index (Phi) is 4.21. The fourth-order valence-electron chi connectivity index (χ4n) is 2.97. The maximum absolute atomic E-state index is 12.9. The van der Waals surface area contributed by atoms with Gasteiger partial charge in [0.15, 0.2) is 0 Å². The molecule has 1 aliphatic heterocycles. The van der Waals surface area contributed by atoms with Gasteiger partial charge in [0.25, 0.3) is 0 Å². The second-order valence-corrected chi connectivity index (χ2v) is 6.66. The van der Waals surface area contributed by atoms with Gasteiger partial charge in [-0.05, 0) is 29.0 Å². The summed E-state index contributed by atoms with van der Waals surface area (Å²) in [7, 11) is 0. The van der Waals surface area contributed by atoms with E-state index in [4.69, 9.17) is 4.42 Å². The lowest BCUT2D eigenvalue weighted by Crippen LogP contribution is -2.26. The van der Waals surface area contributed by atoms with Crippen LogP contribution in [-0.4, -0.2) is 26.7 Å². The summed E-state index contributed by atoms with van der Waals surface area (Å²) < 4.78 is 5.04. The van der Waals surface area contributed by atoms with Crippen LogP contribution in [0.2, 0.25) is 0 Å². The summed E-state index contributed by atoms with van der Waals surface area (Å²) >= 11 is 1.51. The van der Waals surface area contributed by atoms with Crippen LogP contribution in [0.25, 0.3) is 0 Å². The Morgan fingerprint density at radius 1 is 1.30 bits per heavy atom. The molecule has 1 unspecified atom stereocenters. The van der Waals surface area contributed by atoms with Crippen molar-refractivity contribution in [2.24, 2.45) is 5.10 Å². The van der Waals surface area contributed by atoms with Crippen molar-refractivity contribution in [2.45, 2.75) is 12.5 Å². The van der Waals surface area contributed by atoms with E-state index in [1.54, 1.807) is 18.2 Å². The van der Waals surface area contributed by atoms with Gasteiger partial charge in [0, 0.05) is 17.5 Å². The Bertz CT molecular complexity index is 1040. The van der Waals surface area contributed by atoms with E-state index in [9.17, 15) is 20.0 Å². The van der Waals surface area contributed by atoms with Crippen LogP contribution in [-0.2, 0) is 0 Å². The number of hydrogen-bond acceptors (Lipinski definition) is 7. The Balaban J connectivity index is 1.73. The summed E-state index contributed by atoms with van der Waals surface area (Å²) in [4.78, 5) is 23.0. The number of benzene rings is 1. The molecule has 1 N–H and O–H groups in total. The average molecular weight is 383 g/mol. The fourth-order valence-corrected chi connectivity index (χ4v) is 3.63. The molecular weight excluding hydrogens is 370 g/mol. The highest BCUT2D eigenvalue weighted by Gasteiger charge is 2.36. The fraction of sp³-hybridized carbons (Fsp3) is 0.111. The molecule has 1 atom stereocenters. The van der Waals surface area contributed by atoms with Crippen LogP contribution in [0.5, 0.6) is 5.75 Å². The van der Waals surface area contributed by atoms with Gasteiger partial charge >= 0.3 is 11.8 Å². The van der Waals surface area contributed by atoms with Crippen LogP contribution in [0.1, 0.15) is 34.1 Å². The lowest BCUT2D eigenvalue weighted by atomic mass is 9.99. The molecule has 4 rings (SSSR count). The standard InChI is InChI=1S/C18H13N3O5S/c22-15-4-2-1-3-12(15)14-9-13(11-7-8-27-10-11)19-20(14)18(23)16-5-6-17(26-16)21(24)25/h1-8,10,14,22H,9H2. The van der Waals surface area contributed by atoms with Gasteiger partial charge in [-0.1, -0.05) is 18.2 Å². The zero-order valence-electron chi connectivity index (χ0n) is 13.8. The lowest BCUT2D eigenvalue weighted by Gasteiger charge is -2.21. The van der Waals surface area contributed by atoms with Crippen molar-refractivity contribution in [2.75, 3.05) is 0 Å². The zero-order valence-corrected chi connectivity index (χ0v) is 14.6. The number of hydrogen-bond donors (Lipinski definition) is 1. The minimum atomic E-state index is -0.707. The van der Waals surface area contributed by atoms with Crippen molar-refractivity contribution in [3.05, 3.63) is 80.2 Å². The van der Waals surface area contributed by atoms with Gasteiger partial charge in [0.2, 0.25) is 5.76 Å². The van der Waals surface area contributed by atoms with Gasteiger partial charge in [0.05, 0.1) is 17.8 Å².